The molecule has 0 atom stereocenters. The molecule has 3 heteroatoms. The predicted molar refractivity (Wildman–Crippen MR) is 67.8 cm³/mol. The minimum atomic E-state index is 0. The van der Waals surface area contributed by atoms with Crippen molar-refractivity contribution in [2.75, 3.05) is 6.54 Å². The van der Waals surface area contributed by atoms with Gasteiger partial charge in [-0.25, -0.2) is 0 Å². The maximum atomic E-state index is 5.22. The second-order valence-electron chi connectivity index (χ2n) is 3.49. The lowest BCUT2D eigenvalue weighted by Gasteiger charge is -2.02. The molecule has 2 rings (SSSR count). The van der Waals surface area contributed by atoms with Gasteiger partial charge in [-0.3, -0.25) is 0 Å². The molecule has 0 unspecified atom stereocenters. The Bertz CT molecular complexity index is 372. The molecule has 1 N–H and O–H groups in total. The molecule has 0 saturated heterocycles. The Hall–Kier alpha value is -1.25. The number of halogens is 1. The second-order valence-corrected chi connectivity index (χ2v) is 3.49. The van der Waals surface area contributed by atoms with Crippen molar-refractivity contribution in [1.29, 1.82) is 0 Å². The van der Waals surface area contributed by atoms with E-state index in [0.29, 0.717) is 0 Å². The highest BCUT2D eigenvalue weighted by Crippen LogP contribution is 2.00. The highest BCUT2D eigenvalue weighted by Gasteiger charge is 1.94. The molecule has 0 aliphatic rings. The highest BCUT2D eigenvalue weighted by molar-refractivity contribution is 5.85. The highest BCUT2D eigenvalue weighted by atomic mass is 35.5. The molecule has 16 heavy (non-hydrogen) atoms. The summed E-state index contributed by atoms with van der Waals surface area (Å²) < 4.78 is 5.22. The fraction of sp³-hybridized carbons (Fsp3) is 0.231. The van der Waals surface area contributed by atoms with E-state index in [4.69, 9.17) is 4.42 Å². The summed E-state index contributed by atoms with van der Waals surface area (Å²) in [4.78, 5) is 0. The molecule has 2 aromatic rings. The minimum absolute atomic E-state index is 0. The topological polar surface area (TPSA) is 25.2 Å². The van der Waals surface area contributed by atoms with E-state index in [1.54, 1.807) is 6.26 Å². The first-order valence-electron chi connectivity index (χ1n) is 5.22. The lowest BCUT2D eigenvalue weighted by molar-refractivity contribution is 0.484. The fourth-order valence-electron chi connectivity index (χ4n) is 1.50. The van der Waals surface area contributed by atoms with E-state index in [2.05, 4.69) is 29.6 Å². The van der Waals surface area contributed by atoms with Crippen molar-refractivity contribution in [3.05, 3.63) is 60.1 Å². The summed E-state index contributed by atoms with van der Waals surface area (Å²) in [7, 11) is 0. The second kappa shape index (κ2) is 7.09. The van der Waals surface area contributed by atoms with Gasteiger partial charge in [0, 0.05) is 0 Å². The van der Waals surface area contributed by atoms with Gasteiger partial charge >= 0.3 is 0 Å². The minimum Gasteiger partial charge on any atom is -0.468 e. The molecule has 1 aromatic carbocycles. The molecular weight excluding hydrogens is 222 g/mol. The van der Waals surface area contributed by atoms with Gasteiger partial charge in [-0.05, 0) is 30.7 Å². The zero-order chi connectivity index (χ0) is 10.3. The van der Waals surface area contributed by atoms with Crippen molar-refractivity contribution in [3.8, 4) is 0 Å². The van der Waals surface area contributed by atoms with Crippen LogP contribution in [0.1, 0.15) is 11.3 Å². The molecule has 0 spiro atoms. The van der Waals surface area contributed by atoms with E-state index < -0.39 is 0 Å². The Kier molecular flexibility index (Phi) is 5.68. The third kappa shape index (κ3) is 4.09. The van der Waals surface area contributed by atoms with Crippen LogP contribution in [0.15, 0.2) is 53.1 Å². The zero-order valence-electron chi connectivity index (χ0n) is 9.06. The van der Waals surface area contributed by atoms with Crippen molar-refractivity contribution >= 4 is 12.4 Å². The van der Waals surface area contributed by atoms with Crippen molar-refractivity contribution in [1.82, 2.24) is 5.32 Å². The van der Waals surface area contributed by atoms with E-state index in [1.807, 2.05) is 18.2 Å². The van der Waals surface area contributed by atoms with Crippen LogP contribution in [-0.2, 0) is 13.0 Å². The van der Waals surface area contributed by atoms with Crippen molar-refractivity contribution in [2.24, 2.45) is 0 Å². The Morgan fingerprint density at radius 2 is 1.81 bits per heavy atom. The third-order valence-corrected chi connectivity index (χ3v) is 2.31. The van der Waals surface area contributed by atoms with Crippen LogP contribution < -0.4 is 5.32 Å². The third-order valence-electron chi connectivity index (χ3n) is 2.31. The molecule has 1 heterocycles. The van der Waals surface area contributed by atoms with E-state index in [0.717, 1.165) is 25.3 Å². The average molecular weight is 238 g/mol. The largest absolute Gasteiger partial charge is 0.468 e. The molecule has 0 radical (unpaired) electrons. The van der Waals surface area contributed by atoms with Crippen molar-refractivity contribution < 1.29 is 4.42 Å². The van der Waals surface area contributed by atoms with E-state index in [-0.39, 0.29) is 12.4 Å². The van der Waals surface area contributed by atoms with Crippen LogP contribution in [0.5, 0.6) is 0 Å². The van der Waals surface area contributed by atoms with Crippen LogP contribution >= 0.6 is 12.4 Å². The fourth-order valence-corrected chi connectivity index (χ4v) is 1.50. The molecule has 86 valence electrons. The van der Waals surface area contributed by atoms with E-state index >= 15 is 0 Å². The molecule has 0 aliphatic carbocycles. The Labute approximate surface area is 102 Å². The van der Waals surface area contributed by atoms with Gasteiger partial charge in [0.15, 0.2) is 0 Å². The number of benzene rings is 1. The lowest BCUT2D eigenvalue weighted by Crippen LogP contribution is -2.16. The number of hydrogen-bond acceptors (Lipinski definition) is 2. The monoisotopic (exact) mass is 237 g/mol. The SMILES string of the molecule is Cl.c1ccc(CCNCc2ccco2)cc1. The lowest BCUT2D eigenvalue weighted by atomic mass is 10.1. The molecule has 0 bridgehead atoms. The van der Waals surface area contributed by atoms with Gasteiger partial charge in [0.05, 0.1) is 12.8 Å². The number of nitrogens with one attached hydrogen (secondary N) is 1. The number of furan rings is 1. The summed E-state index contributed by atoms with van der Waals surface area (Å²) >= 11 is 0. The van der Waals surface area contributed by atoms with Gasteiger partial charge in [0.2, 0.25) is 0 Å². The summed E-state index contributed by atoms with van der Waals surface area (Å²) in [6.07, 6.45) is 2.76. The van der Waals surface area contributed by atoms with Crippen LogP contribution in [0.2, 0.25) is 0 Å². The van der Waals surface area contributed by atoms with Gasteiger partial charge in [-0.15, -0.1) is 12.4 Å². The molecule has 0 aliphatic heterocycles. The van der Waals surface area contributed by atoms with Gasteiger partial charge in [-0.1, -0.05) is 30.3 Å². The number of rotatable bonds is 5. The van der Waals surface area contributed by atoms with Gasteiger partial charge in [-0.2, -0.15) is 0 Å². The summed E-state index contributed by atoms with van der Waals surface area (Å²) in [5.41, 5.74) is 1.37. The summed E-state index contributed by atoms with van der Waals surface area (Å²) in [5.74, 6) is 0.989. The Morgan fingerprint density at radius 3 is 2.50 bits per heavy atom. The Balaban J connectivity index is 0.00000128. The first kappa shape index (κ1) is 12.8. The van der Waals surface area contributed by atoms with E-state index in [1.165, 1.54) is 5.56 Å². The molecule has 0 saturated carbocycles. The zero-order valence-corrected chi connectivity index (χ0v) is 9.87. The van der Waals surface area contributed by atoms with Crippen molar-refractivity contribution in [3.63, 3.8) is 0 Å². The van der Waals surface area contributed by atoms with Gasteiger partial charge in [0.1, 0.15) is 5.76 Å². The van der Waals surface area contributed by atoms with Gasteiger partial charge in [0.25, 0.3) is 0 Å². The molecule has 2 nitrogen and oxygen atoms in total. The predicted octanol–water partition coefficient (Wildman–Crippen LogP) is 3.03. The average Bonchev–Trinajstić information content (AvgIpc) is 2.79. The normalized spacial score (nSPS) is 9.75. The summed E-state index contributed by atoms with van der Waals surface area (Å²) in [5, 5.41) is 3.34. The van der Waals surface area contributed by atoms with Crippen molar-refractivity contribution in [2.45, 2.75) is 13.0 Å². The van der Waals surface area contributed by atoms with E-state index in [9.17, 15) is 0 Å². The first-order chi connectivity index (χ1) is 7.45. The van der Waals surface area contributed by atoms with Crippen LogP contribution in [0.3, 0.4) is 0 Å². The molecule has 0 fully saturated rings. The quantitative estimate of drug-likeness (QED) is 0.809. The number of hydrogen-bond donors (Lipinski definition) is 1. The molecular formula is C13H16ClNO. The summed E-state index contributed by atoms with van der Waals surface area (Å²) in [6.45, 7) is 1.78. The maximum absolute atomic E-state index is 5.22. The molecule has 0 amide bonds. The first-order valence-corrected chi connectivity index (χ1v) is 5.22. The maximum Gasteiger partial charge on any atom is 0.117 e. The Morgan fingerprint density at radius 1 is 1.00 bits per heavy atom. The van der Waals surface area contributed by atoms with Crippen LogP contribution in [0.25, 0.3) is 0 Å². The van der Waals surface area contributed by atoms with Crippen LogP contribution in [-0.4, -0.2) is 6.54 Å². The molecule has 1 aromatic heterocycles. The van der Waals surface area contributed by atoms with Crippen LogP contribution in [0.4, 0.5) is 0 Å². The summed E-state index contributed by atoms with van der Waals surface area (Å²) in [6, 6.07) is 14.4. The van der Waals surface area contributed by atoms with Gasteiger partial charge < -0.3 is 9.73 Å². The smallest absolute Gasteiger partial charge is 0.117 e. The van der Waals surface area contributed by atoms with Crippen LogP contribution in [0, 0.1) is 0 Å². The standard InChI is InChI=1S/C13H15NO.ClH/c1-2-5-12(6-3-1)8-9-14-11-13-7-4-10-15-13;/h1-7,10,14H,8-9,11H2;1H.